The fourth-order valence-electron chi connectivity index (χ4n) is 3.14. The van der Waals surface area contributed by atoms with Gasteiger partial charge in [-0.25, -0.2) is 4.79 Å². The molecule has 0 radical (unpaired) electrons. The van der Waals surface area contributed by atoms with Gasteiger partial charge < -0.3 is 20.4 Å². The van der Waals surface area contributed by atoms with Gasteiger partial charge in [0.2, 0.25) is 5.91 Å². The predicted octanol–water partition coefficient (Wildman–Crippen LogP) is 3.58. The lowest BCUT2D eigenvalue weighted by Gasteiger charge is -2.11. The second kappa shape index (κ2) is 7.88. The van der Waals surface area contributed by atoms with E-state index in [-0.39, 0.29) is 17.7 Å². The Kier molecular flexibility index (Phi) is 5.53. The van der Waals surface area contributed by atoms with Crippen LogP contribution in [0.4, 0.5) is 11.4 Å². The third-order valence-corrected chi connectivity index (χ3v) is 5.00. The Morgan fingerprint density at radius 2 is 1.89 bits per heavy atom. The van der Waals surface area contributed by atoms with Crippen molar-refractivity contribution in [3.8, 4) is 0 Å². The first-order chi connectivity index (χ1) is 13.3. The Morgan fingerprint density at radius 1 is 1.18 bits per heavy atom. The summed E-state index contributed by atoms with van der Waals surface area (Å²) in [4.78, 5) is 39.9. The van der Waals surface area contributed by atoms with E-state index < -0.39 is 5.97 Å². The molecular weight excluding hydrogens is 358 g/mol. The van der Waals surface area contributed by atoms with E-state index in [1.54, 1.807) is 13.0 Å². The molecular formula is C21H25N3O4. The summed E-state index contributed by atoms with van der Waals surface area (Å²) in [5.41, 5.74) is 4.05. The molecule has 2 amide bonds. The van der Waals surface area contributed by atoms with Crippen molar-refractivity contribution in [2.24, 2.45) is 5.92 Å². The van der Waals surface area contributed by atoms with Crippen LogP contribution in [0.1, 0.15) is 57.4 Å². The number of H-pyrrole nitrogens is 1. The van der Waals surface area contributed by atoms with Gasteiger partial charge in [-0.1, -0.05) is 13.0 Å². The maximum Gasteiger partial charge on any atom is 0.339 e. The van der Waals surface area contributed by atoms with Gasteiger partial charge in [0, 0.05) is 23.0 Å². The predicted molar refractivity (Wildman–Crippen MR) is 107 cm³/mol. The van der Waals surface area contributed by atoms with Gasteiger partial charge in [0.1, 0.15) is 5.69 Å². The Hall–Kier alpha value is -3.09. The van der Waals surface area contributed by atoms with Crippen LogP contribution in [0.25, 0.3) is 0 Å². The van der Waals surface area contributed by atoms with Crippen LogP contribution in [-0.2, 0) is 16.0 Å². The van der Waals surface area contributed by atoms with Crippen LogP contribution < -0.4 is 10.6 Å². The first kappa shape index (κ1) is 19.7. The average Bonchev–Trinajstić information content (AvgIpc) is 3.47. The molecule has 28 heavy (non-hydrogen) atoms. The molecule has 148 valence electrons. The molecule has 0 aliphatic heterocycles. The molecule has 0 spiro atoms. The second-order valence-electron chi connectivity index (χ2n) is 7.07. The lowest BCUT2D eigenvalue weighted by Crippen LogP contribution is -2.16. The number of rotatable bonds is 6. The number of anilines is 2. The molecule has 7 nitrogen and oxygen atoms in total. The van der Waals surface area contributed by atoms with Gasteiger partial charge in [-0.05, 0) is 56.4 Å². The third-order valence-electron chi connectivity index (χ3n) is 5.00. The molecule has 1 fully saturated rings. The molecule has 1 aliphatic carbocycles. The monoisotopic (exact) mass is 383 g/mol. The molecule has 0 saturated heterocycles. The normalized spacial score (nSPS) is 13.1. The highest BCUT2D eigenvalue weighted by Gasteiger charge is 2.29. The number of benzene rings is 1. The summed E-state index contributed by atoms with van der Waals surface area (Å²) in [6, 6.07) is 5.40. The van der Waals surface area contributed by atoms with Crippen LogP contribution >= 0.6 is 0 Å². The first-order valence-corrected chi connectivity index (χ1v) is 9.38. The largest absolute Gasteiger partial charge is 0.465 e. The highest BCUT2D eigenvalue weighted by Crippen LogP contribution is 2.31. The summed E-state index contributed by atoms with van der Waals surface area (Å²) in [6.45, 7) is 5.49. The molecule has 0 bridgehead atoms. The van der Waals surface area contributed by atoms with Gasteiger partial charge in [-0.2, -0.15) is 0 Å². The van der Waals surface area contributed by atoms with E-state index in [9.17, 15) is 14.4 Å². The van der Waals surface area contributed by atoms with Gasteiger partial charge >= 0.3 is 5.97 Å². The number of aromatic amines is 1. The number of esters is 1. The molecule has 7 heteroatoms. The number of ether oxygens (including phenoxy) is 1. The first-order valence-electron chi connectivity index (χ1n) is 9.38. The number of hydrogen-bond donors (Lipinski definition) is 3. The van der Waals surface area contributed by atoms with Crippen molar-refractivity contribution in [1.29, 1.82) is 0 Å². The summed E-state index contributed by atoms with van der Waals surface area (Å²) < 4.78 is 4.84. The topological polar surface area (TPSA) is 100 Å². The lowest BCUT2D eigenvalue weighted by molar-refractivity contribution is -0.117. The Balaban J connectivity index is 1.83. The number of methoxy groups -OCH3 is 1. The van der Waals surface area contributed by atoms with E-state index >= 15 is 0 Å². The van der Waals surface area contributed by atoms with Crippen molar-refractivity contribution >= 4 is 29.2 Å². The van der Waals surface area contributed by atoms with E-state index in [1.165, 1.54) is 7.11 Å². The maximum absolute atomic E-state index is 12.8. The van der Waals surface area contributed by atoms with E-state index in [0.29, 0.717) is 40.3 Å². The summed E-state index contributed by atoms with van der Waals surface area (Å²) in [5.74, 6) is -0.705. The Bertz CT molecular complexity index is 941. The smallest absolute Gasteiger partial charge is 0.339 e. The van der Waals surface area contributed by atoms with Crippen molar-refractivity contribution in [2.45, 2.75) is 40.0 Å². The third kappa shape index (κ3) is 3.93. The van der Waals surface area contributed by atoms with Crippen LogP contribution in [0.2, 0.25) is 0 Å². The molecule has 1 aliphatic rings. The van der Waals surface area contributed by atoms with Crippen LogP contribution in [0, 0.1) is 19.8 Å². The molecule has 1 aromatic heterocycles. The fraction of sp³-hybridized carbons (Fsp3) is 0.381. The Labute approximate surface area is 163 Å². The Morgan fingerprint density at radius 3 is 2.50 bits per heavy atom. The molecule has 3 N–H and O–H groups in total. The number of aromatic nitrogens is 1. The number of amides is 2. The van der Waals surface area contributed by atoms with Crippen LogP contribution in [-0.4, -0.2) is 29.9 Å². The molecule has 2 aromatic rings. The van der Waals surface area contributed by atoms with Crippen LogP contribution in [0.15, 0.2) is 18.2 Å². The zero-order chi connectivity index (χ0) is 20.4. The van der Waals surface area contributed by atoms with Crippen LogP contribution in [0.3, 0.4) is 0 Å². The highest BCUT2D eigenvalue weighted by atomic mass is 16.5. The number of hydrogen-bond acceptors (Lipinski definition) is 4. The summed E-state index contributed by atoms with van der Waals surface area (Å²) >= 11 is 0. The zero-order valence-electron chi connectivity index (χ0n) is 16.6. The summed E-state index contributed by atoms with van der Waals surface area (Å²) in [5, 5.41) is 5.76. The zero-order valence-corrected chi connectivity index (χ0v) is 16.6. The number of carbonyl (C=O) groups is 3. The van der Waals surface area contributed by atoms with Gasteiger partial charge in [0.05, 0.1) is 12.7 Å². The standard InChI is InChI=1S/C21H25N3O4/c1-5-15-17(21(27)28-4)12(3)18(23-15)20(26)24-16-10-14(9-6-11(16)2)22-19(25)13-7-8-13/h6,9-10,13,23H,5,7-8H2,1-4H3,(H,22,25)(H,24,26). The van der Waals surface area contributed by atoms with Crippen molar-refractivity contribution in [3.63, 3.8) is 0 Å². The van der Waals surface area contributed by atoms with E-state index in [2.05, 4.69) is 15.6 Å². The molecule has 0 atom stereocenters. The fourth-order valence-corrected chi connectivity index (χ4v) is 3.14. The molecule has 1 saturated carbocycles. The van der Waals surface area contributed by atoms with E-state index in [4.69, 9.17) is 4.74 Å². The van der Waals surface area contributed by atoms with Crippen molar-refractivity contribution in [2.75, 3.05) is 17.7 Å². The minimum Gasteiger partial charge on any atom is -0.465 e. The van der Waals surface area contributed by atoms with E-state index in [1.807, 2.05) is 26.0 Å². The maximum atomic E-state index is 12.8. The van der Waals surface area contributed by atoms with Gasteiger partial charge in [-0.15, -0.1) is 0 Å². The second-order valence-corrected chi connectivity index (χ2v) is 7.07. The summed E-state index contributed by atoms with van der Waals surface area (Å²) in [6.07, 6.45) is 2.42. The minimum absolute atomic E-state index is 0.0108. The molecule has 1 aromatic carbocycles. The van der Waals surface area contributed by atoms with Gasteiger partial charge in [-0.3, -0.25) is 9.59 Å². The number of carbonyl (C=O) groups excluding carboxylic acids is 3. The summed E-state index contributed by atoms with van der Waals surface area (Å²) in [7, 11) is 1.32. The van der Waals surface area contributed by atoms with Crippen molar-refractivity contribution < 1.29 is 19.1 Å². The van der Waals surface area contributed by atoms with Crippen LogP contribution in [0.5, 0.6) is 0 Å². The highest BCUT2D eigenvalue weighted by molar-refractivity contribution is 6.07. The quantitative estimate of drug-likeness (QED) is 0.664. The molecule has 3 rings (SSSR count). The van der Waals surface area contributed by atoms with E-state index in [0.717, 1.165) is 18.4 Å². The minimum atomic E-state index is -0.467. The SMILES string of the molecule is CCc1[nH]c(C(=O)Nc2cc(NC(=O)C3CC3)ccc2C)c(C)c1C(=O)OC. The molecule has 1 heterocycles. The van der Waals surface area contributed by atoms with Crippen molar-refractivity contribution in [1.82, 2.24) is 4.98 Å². The van der Waals surface area contributed by atoms with Gasteiger partial charge in [0.15, 0.2) is 0 Å². The van der Waals surface area contributed by atoms with Crippen molar-refractivity contribution in [3.05, 3.63) is 46.3 Å². The molecule has 0 unspecified atom stereocenters. The number of nitrogens with one attached hydrogen (secondary N) is 3. The average molecular weight is 383 g/mol. The number of aryl methyl sites for hydroxylation is 2. The van der Waals surface area contributed by atoms with Gasteiger partial charge in [0.25, 0.3) is 5.91 Å². The lowest BCUT2D eigenvalue weighted by atomic mass is 10.1.